The third-order valence-electron chi connectivity index (χ3n) is 4.17. The Kier molecular flexibility index (Phi) is 4.46. The quantitative estimate of drug-likeness (QED) is 0.859. The lowest BCUT2D eigenvalue weighted by Crippen LogP contribution is -2.42. The van der Waals surface area contributed by atoms with Crippen LogP contribution in [0.3, 0.4) is 0 Å². The van der Waals surface area contributed by atoms with Crippen molar-refractivity contribution in [2.24, 2.45) is 11.8 Å². The molecule has 108 valence electrons. The first kappa shape index (κ1) is 15.0. The van der Waals surface area contributed by atoms with Crippen LogP contribution in [-0.4, -0.2) is 25.8 Å². The summed E-state index contributed by atoms with van der Waals surface area (Å²) < 4.78 is 26.6. The molecule has 0 saturated carbocycles. The molecule has 0 aromatic heterocycles. The van der Waals surface area contributed by atoms with Gasteiger partial charge in [-0.05, 0) is 29.9 Å². The van der Waals surface area contributed by atoms with Crippen LogP contribution in [0.25, 0.3) is 0 Å². The van der Waals surface area contributed by atoms with Crippen molar-refractivity contribution in [2.45, 2.75) is 26.0 Å². The fourth-order valence-corrected chi connectivity index (χ4v) is 4.19. The summed E-state index contributed by atoms with van der Waals surface area (Å²) in [7, 11) is -3.34. The van der Waals surface area contributed by atoms with Gasteiger partial charge in [-0.2, -0.15) is 5.26 Å². The zero-order chi connectivity index (χ0) is 14.8. The van der Waals surface area contributed by atoms with Crippen molar-refractivity contribution >= 4 is 10.0 Å². The Labute approximate surface area is 121 Å². The van der Waals surface area contributed by atoms with Gasteiger partial charge < -0.3 is 0 Å². The second-order valence-electron chi connectivity index (χ2n) is 5.63. The van der Waals surface area contributed by atoms with Crippen LogP contribution in [0.15, 0.2) is 24.3 Å². The van der Waals surface area contributed by atoms with Gasteiger partial charge in [0.1, 0.15) is 0 Å². The van der Waals surface area contributed by atoms with Crippen LogP contribution in [0.2, 0.25) is 0 Å². The predicted molar refractivity (Wildman–Crippen MR) is 78.3 cm³/mol. The maximum atomic E-state index is 12.5. The van der Waals surface area contributed by atoms with Gasteiger partial charge in [-0.15, -0.1) is 0 Å². The molecule has 2 unspecified atom stereocenters. The van der Waals surface area contributed by atoms with Gasteiger partial charge in [0.05, 0.1) is 17.4 Å². The Morgan fingerprint density at radius 2 is 2.00 bits per heavy atom. The largest absolute Gasteiger partial charge is 0.218 e. The fraction of sp³-hybridized carbons (Fsp3) is 0.533. The van der Waals surface area contributed by atoms with E-state index in [1.165, 1.54) is 0 Å². The lowest BCUT2D eigenvalue weighted by Gasteiger charge is -2.34. The van der Waals surface area contributed by atoms with E-state index in [9.17, 15) is 8.42 Å². The van der Waals surface area contributed by atoms with E-state index in [-0.39, 0.29) is 5.75 Å². The van der Waals surface area contributed by atoms with Crippen LogP contribution < -0.4 is 0 Å². The summed E-state index contributed by atoms with van der Waals surface area (Å²) in [6.45, 7) is 5.43. The molecule has 0 N–H and O–H groups in total. The fourth-order valence-electron chi connectivity index (χ4n) is 2.52. The number of hydrogen-bond donors (Lipinski definition) is 0. The molecular formula is C15H20N2O2S. The number of hydrogen-bond acceptors (Lipinski definition) is 3. The number of piperidine rings is 1. The Morgan fingerprint density at radius 3 is 2.65 bits per heavy atom. The van der Waals surface area contributed by atoms with E-state index in [1.54, 1.807) is 28.6 Å². The van der Waals surface area contributed by atoms with Crippen molar-refractivity contribution < 1.29 is 8.42 Å². The van der Waals surface area contributed by atoms with Gasteiger partial charge in [-0.25, -0.2) is 12.7 Å². The molecule has 1 aliphatic heterocycles. The van der Waals surface area contributed by atoms with Crippen molar-refractivity contribution in [3.05, 3.63) is 35.4 Å². The van der Waals surface area contributed by atoms with Crippen LogP contribution in [0.1, 0.15) is 31.4 Å². The minimum Gasteiger partial charge on any atom is -0.212 e. The Bertz CT molecular complexity index is 619. The van der Waals surface area contributed by atoms with Gasteiger partial charge in [0.25, 0.3) is 0 Å². The third-order valence-corrected chi connectivity index (χ3v) is 5.96. The number of rotatable bonds is 3. The molecule has 2 rings (SSSR count). The highest BCUT2D eigenvalue weighted by Gasteiger charge is 2.30. The molecule has 5 heteroatoms. The van der Waals surface area contributed by atoms with Crippen molar-refractivity contribution in [3.63, 3.8) is 0 Å². The van der Waals surface area contributed by atoms with Crippen molar-refractivity contribution in [2.75, 3.05) is 13.1 Å². The predicted octanol–water partition coefficient (Wildman–Crippen LogP) is 2.37. The van der Waals surface area contributed by atoms with E-state index in [0.717, 1.165) is 6.42 Å². The number of benzene rings is 1. The smallest absolute Gasteiger partial charge is 0.212 e. The number of sulfonamides is 1. The highest BCUT2D eigenvalue weighted by molar-refractivity contribution is 7.88. The van der Waals surface area contributed by atoms with Crippen molar-refractivity contribution in [1.29, 1.82) is 5.26 Å². The lowest BCUT2D eigenvalue weighted by molar-refractivity contribution is 0.212. The van der Waals surface area contributed by atoms with Gasteiger partial charge in [-0.1, -0.05) is 32.0 Å². The first-order valence-electron chi connectivity index (χ1n) is 6.90. The van der Waals surface area contributed by atoms with Gasteiger partial charge in [0.2, 0.25) is 10.0 Å². The zero-order valence-corrected chi connectivity index (χ0v) is 12.7. The minimum absolute atomic E-state index is 0.0855. The summed E-state index contributed by atoms with van der Waals surface area (Å²) in [6.07, 6.45) is 0.903. The Morgan fingerprint density at radius 1 is 1.30 bits per heavy atom. The summed E-state index contributed by atoms with van der Waals surface area (Å²) >= 11 is 0. The maximum absolute atomic E-state index is 12.5. The summed E-state index contributed by atoms with van der Waals surface area (Å²) in [5.41, 5.74) is 1.02. The highest BCUT2D eigenvalue weighted by Crippen LogP contribution is 2.26. The van der Waals surface area contributed by atoms with Gasteiger partial charge in [-0.3, -0.25) is 0 Å². The minimum atomic E-state index is -3.34. The van der Waals surface area contributed by atoms with E-state index >= 15 is 0 Å². The van der Waals surface area contributed by atoms with Crippen molar-refractivity contribution in [3.8, 4) is 6.07 Å². The van der Waals surface area contributed by atoms with Crippen LogP contribution in [0.5, 0.6) is 0 Å². The van der Waals surface area contributed by atoms with Crippen LogP contribution in [0.4, 0.5) is 0 Å². The van der Waals surface area contributed by atoms with Crippen LogP contribution >= 0.6 is 0 Å². The van der Waals surface area contributed by atoms with E-state index in [2.05, 4.69) is 19.9 Å². The molecule has 0 spiro atoms. The molecule has 0 amide bonds. The molecule has 1 aromatic rings. The average Bonchev–Trinajstić information content (AvgIpc) is 2.42. The second kappa shape index (κ2) is 5.94. The van der Waals surface area contributed by atoms with E-state index < -0.39 is 10.0 Å². The summed E-state index contributed by atoms with van der Waals surface area (Å²) in [6, 6.07) is 8.95. The molecule has 20 heavy (non-hydrogen) atoms. The number of nitriles is 1. The van der Waals surface area contributed by atoms with E-state index in [4.69, 9.17) is 5.26 Å². The molecular weight excluding hydrogens is 272 g/mol. The number of nitrogens with zero attached hydrogens (tertiary/aromatic N) is 2. The molecule has 4 nitrogen and oxygen atoms in total. The average molecular weight is 292 g/mol. The van der Waals surface area contributed by atoms with Crippen LogP contribution in [0, 0.1) is 23.2 Å². The highest BCUT2D eigenvalue weighted by atomic mass is 32.2. The molecule has 1 aliphatic rings. The van der Waals surface area contributed by atoms with E-state index in [0.29, 0.717) is 36.1 Å². The maximum Gasteiger partial charge on any atom is 0.218 e. The molecule has 0 aliphatic carbocycles. The van der Waals surface area contributed by atoms with E-state index in [1.807, 2.05) is 0 Å². The first-order chi connectivity index (χ1) is 9.44. The lowest BCUT2D eigenvalue weighted by atomic mass is 9.90. The molecule has 1 fully saturated rings. The standard InChI is InChI=1S/C15H20N2O2S/c1-12-7-8-17(10-13(12)2)20(18,19)11-15-6-4-3-5-14(15)9-16/h3-6,12-13H,7-8,10-11H2,1-2H3. The Hall–Kier alpha value is -1.38. The van der Waals surface area contributed by atoms with Crippen LogP contribution in [-0.2, 0) is 15.8 Å². The first-order valence-corrected chi connectivity index (χ1v) is 8.51. The molecule has 0 radical (unpaired) electrons. The third kappa shape index (κ3) is 3.20. The zero-order valence-electron chi connectivity index (χ0n) is 11.9. The molecule has 1 heterocycles. The Balaban J connectivity index is 2.18. The summed E-state index contributed by atoms with van der Waals surface area (Å²) in [4.78, 5) is 0. The van der Waals surface area contributed by atoms with Gasteiger partial charge in [0.15, 0.2) is 0 Å². The molecule has 1 aromatic carbocycles. The normalized spacial score (nSPS) is 24.2. The van der Waals surface area contributed by atoms with Crippen molar-refractivity contribution in [1.82, 2.24) is 4.31 Å². The van der Waals surface area contributed by atoms with Gasteiger partial charge in [0, 0.05) is 13.1 Å². The van der Waals surface area contributed by atoms with Gasteiger partial charge >= 0.3 is 0 Å². The molecule has 2 atom stereocenters. The SMILES string of the molecule is CC1CCN(S(=O)(=O)Cc2ccccc2C#N)CC1C. The summed E-state index contributed by atoms with van der Waals surface area (Å²) in [5, 5.41) is 9.04. The topological polar surface area (TPSA) is 61.2 Å². The summed E-state index contributed by atoms with van der Waals surface area (Å²) in [5.74, 6) is 0.857. The molecule has 1 saturated heterocycles. The monoisotopic (exact) mass is 292 g/mol. The molecule has 0 bridgehead atoms. The second-order valence-corrected chi connectivity index (χ2v) is 7.60.